The third-order valence-corrected chi connectivity index (χ3v) is 3.83. The Bertz CT molecular complexity index is 486. The molecule has 19 heavy (non-hydrogen) atoms. The van der Waals surface area contributed by atoms with E-state index in [2.05, 4.69) is 35.5 Å². The highest BCUT2D eigenvalue weighted by Gasteiger charge is 2.15. The maximum atomic E-state index is 6.36. The van der Waals surface area contributed by atoms with E-state index in [0.29, 0.717) is 5.92 Å². The molecule has 0 saturated carbocycles. The number of benzene rings is 1. The van der Waals surface area contributed by atoms with Gasteiger partial charge in [-0.25, -0.2) is 4.98 Å². The van der Waals surface area contributed by atoms with E-state index in [1.165, 1.54) is 12.8 Å². The van der Waals surface area contributed by atoms with E-state index in [1.54, 1.807) is 0 Å². The van der Waals surface area contributed by atoms with Crippen molar-refractivity contribution in [3.63, 3.8) is 0 Å². The molecule has 0 aliphatic rings. The van der Waals surface area contributed by atoms with Crippen molar-refractivity contribution in [2.24, 2.45) is 11.7 Å². The lowest BCUT2D eigenvalue weighted by atomic mass is 10.0. The van der Waals surface area contributed by atoms with Gasteiger partial charge >= 0.3 is 0 Å². The van der Waals surface area contributed by atoms with Gasteiger partial charge in [0.15, 0.2) is 0 Å². The Morgan fingerprint density at radius 2 is 1.84 bits per heavy atom. The Labute approximate surface area is 115 Å². The van der Waals surface area contributed by atoms with Gasteiger partial charge in [0.2, 0.25) is 0 Å². The van der Waals surface area contributed by atoms with Crippen molar-refractivity contribution in [1.82, 2.24) is 9.55 Å². The molecule has 2 aromatic rings. The normalized spacial score (nSPS) is 12.8. The number of hydrogen-bond acceptors (Lipinski definition) is 2. The molecule has 0 aliphatic carbocycles. The number of hydrogen-bond donors (Lipinski definition) is 1. The Morgan fingerprint density at radius 1 is 1.16 bits per heavy atom. The van der Waals surface area contributed by atoms with Gasteiger partial charge in [-0.3, -0.25) is 0 Å². The molecule has 0 saturated heterocycles. The van der Waals surface area contributed by atoms with E-state index in [1.807, 2.05) is 30.7 Å². The second-order valence-corrected chi connectivity index (χ2v) is 5.04. The molecule has 1 unspecified atom stereocenters. The fourth-order valence-electron chi connectivity index (χ4n) is 2.40. The zero-order chi connectivity index (χ0) is 13.7. The first-order valence-electron chi connectivity index (χ1n) is 7.06. The second-order valence-electron chi connectivity index (χ2n) is 5.04. The fraction of sp³-hybridized carbons (Fsp3) is 0.438. The van der Waals surface area contributed by atoms with E-state index in [4.69, 9.17) is 5.73 Å². The quantitative estimate of drug-likeness (QED) is 0.862. The summed E-state index contributed by atoms with van der Waals surface area (Å²) in [5, 5.41) is 0. The van der Waals surface area contributed by atoms with Crippen molar-refractivity contribution in [3.05, 3.63) is 54.1 Å². The van der Waals surface area contributed by atoms with Gasteiger partial charge in [0.05, 0.1) is 24.3 Å². The standard InChI is InChI=1S/C16H23N3/c1-3-13(4-2)11-19-12-18-10-15(19)16(17)14-8-6-5-7-9-14/h5-10,12-13,16H,3-4,11,17H2,1-2H3. The molecule has 0 amide bonds. The van der Waals surface area contributed by atoms with E-state index >= 15 is 0 Å². The van der Waals surface area contributed by atoms with Crippen LogP contribution in [0.15, 0.2) is 42.9 Å². The summed E-state index contributed by atoms with van der Waals surface area (Å²) in [6.07, 6.45) is 6.17. The van der Waals surface area contributed by atoms with Crippen LogP contribution >= 0.6 is 0 Å². The van der Waals surface area contributed by atoms with Crippen LogP contribution in [0.2, 0.25) is 0 Å². The van der Waals surface area contributed by atoms with Crippen molar-refractivity contribution < 1.29 is 0 Å². The highest BCUT2D eigenvalue weighted by atomic mass is 15.1. The average Bonchev–Trinajstić information content (AvgIpc) is 2.93. The van der Waals surface area contributed by atoms with Crippen LogP contribution in [0.4, 0.5) is 0 Å². The molecule has 102 valence electrons. The molecule has 2 rings (SSSR count). The van der Waals surface area contributed by atoms with Gasteiger partial charge in [0, 0.05) is 6.54 Å². The Hall–Kier alpha value is -1.61. The Kier molecular flexibility index (Phi) is 4.74. The van der Waals surface area contributed by atoms with E-state index < -0.39 is 0 Å². The minimum absolute atomic E-state index is 0.0990. The summed E-state index contributed by atoms with van der Waals surface area (Å²) in [6, 6.07) is 10.1. The summed E-state index contributed by atoms with van der Waals surface area (Å²) in [5.41, 5.74) is 8.59. The molecule has 1 atom stereocenters. The maximum absolute atomic E-state index is 6.36. The lowest BCUT2D eigenvalue weighted by Crippen LogP contribution is -2.19. The average molecular weight is 257 g/mol. The summed E-state index contributed by atoms with van der Waals surface area (Å²) in [6.45, 7) is 5.48. The molecular weight excluding hydrogens is 234 g/mol. The lowest BCUT2D eigenvalue weighted by Gasteiger charge is -2.19. The minimum atomic E-state index is -0.0990. The first kappa shape index (κ1) is 13.8. The highest BCUT2D eigenvalue weighted by molar-refractivity contribution is 5.26. The van der Waals surface area contributed by atoms with Gasteiger partial charge in [0.1, 0.15) is 0 Å². The number of imidazole rings is 1. The zero-order valence-corrected chi connectivity index (χ0v) is 11.8. The van der Waals surface area contributed by atoms with Crippen LogP contribution in [-0.4, -0.2) is 9.55 Å². The monoisotopic (exact) mass is 257 g/mol. The number of nitrogens with zero attached hydrogens (tertiary/aromatic N) is 2. The predicted octanol–water partition coefficient (Wildman–Crippen LogP) is 3.37. The molecule has 3 nitrogen and oxygen atoms in total. The molecule has 3 heteroatoms. The van der Waals surface area contributed by atoms with Crippen molar-refractivity contribution in [2.45, 2.75) is 39.3 Å². The minimum Gasteiger partial charge on any atom is -0.333 e. The summed E-state index contributed by atoms with van der Waals surface area (Å²) < 4.78 is 2.20. The SMILES string of the molecule is CCC(CC)Cn1cncc1C(N)c1ccccc1. The summed E-state index contributed by atoms with van der Waals surface area (Å²) in [7, 11) is 0. The van der Waals surface area contributed by atoms with E-state index in [-0.39, 0.29) is 6.04 Å². The smallest absolute Gasteiger partial charge is 0.0948 e. The molecule has 0 radical (unpaired) electrons. The zero-order valence-electron chi connectivity index (χ0n) is 11.8. The van der Waals surface area contributed by atoms with E-state index in [0.717, 1.165) is 17.8 Å². The molecule has 0 aliphatic heterocycles. The van der Waals surface area contributed by atoms with Crippen LogP contribution in [0.3, 0.4) is 0 Å². The third-order valence-electron chi connectivity index (χ3n) is 3.83. The van der Waals surface area contributed by atoms with Crippen molar-refractivity contribution in [1.29, 1.82) is 0 Å². The van der Waals surface area contributed by atoms with Crippen LogP contribution in [0.25, 0.3) is 0 Å². The third kappa shape index (κ3) is 3.24. The fourth-order valence-corrected chi connectivity index (χ4v) is 2.40. The van der Waals surface area contributed by atoms with Crippen LogP contribution in [-0.2, 0) is 6.54 Å². The first-order valence-corrected chi connectivity index (χ1v) is 7.06. The lowest BCUT2D eigenvalue weighted by molar-refractivity contribution is 0.409. The number of aromatic nitrogens is 2. The van der Waals surface area contributed by atoms with Crippen LogP contribution in [0, 0.1) is 5.92 Å². The molecule has 1 aromatic heterocycles. The topological polar surface area (TPSA) is 43.8 Å². The first-order chi connectivity index (χ1) is 9.26. The Morgan fingerprint density at radius 3 is 2.47 bits per heavy atom. The van der Waals surface area contributed by atoms with Crippen molar-refractivity contribution >= 4 is 0 Å². The van der Waals surface area contributed by atoms with Gasteiger partial charge in [-0.2, -0.15) is 0 Å². The summed E-state index contributed by atoms with van der Waals surface area (Å²) >= 11 is 0. The molecule has 1 heterocycles. The van der Waals surface area contributed by atoms with Gasteiger partial charge in [-0.05, 0) is 11.5 Å². The maximum Gasteiger partial charge on any atom is 0.0948 e. The highest BCUT2D eigenvalue weighted by Crippen LogP contribution is 2.21. The van der Waals surface area contributed by atoms with Crippen molar-refractivity contribution in [3.8, 4) is 0 Å². The van der Waals surface area contributed by atoms with Crippen LogP contribution in [0.5, 0.6) is 0 Å². The van der Waals surface area contributed by atoms with Crippen LogP contribution in [0.1, 0.15) is 44.0 Å². The Balaban J connectivity index is 2.19. The largest absolute Gasteiger partial charge is 0.333 e. The number of rotatable bonds is 6. The predicted molar refractivity (Wildman–Crippen MR) is 78.8 cm³/mol. The second kappa shape index (κ2) is 6.53. The van der Waals surface area contributed by atoms with Gasteiger partial charge < -0.3 is 10.3 Å². The number of nitrogens with two attached hydrogens (primary N) is 1. The van der Waals surface area contributed by atoms with Crippen LogP contribution < -0.4 is 5.73 Å². The molecule has 0 bridgehead atoms. The van der Waals surface area contributed by atoms with Gasteiger partial charge in [0.25, 0.3) is 0 Å². The summed E-state index contributed by atoms with van der Waals surface area (Å²) in [4.78, 5) is 4.27. The molecule has 1 aromatic carbocycles. The van der Waals surface area contributed by atoms with E-state index in [9.17, 15) is 0 Å². The molecule has 0 spiro atoms. The van der Waals surface area contributed by atoms with Crippen molar-refractivity contribution in [2.75, 3.05) is 0 Å². The molecule has 0 fully saturated rings. The molecule has 2 N–H and O–H groups in total. The van der Waals surface area contributed by atoms with Gasteiger partial charge in [-0.15, -0.1) is 0 Å². The molecular formula is C16H23N3. The summed E-state index contributed by atoms with van der Waals surface area (Å²) in [5.74, 6) is 0.691. The van der Waals surface area contributed by atoms with Gasteiger partial charge in [-0.1, -0.05) is 57.0 Å².